The Labute approximate surface area is 137 Å². The van der Waals surface area contributed by atoms with Crippen molar-refractivity contribution in [1.82, 2.24) is 0 Å². The number of ether oxygens (including phenoxy) is 4. The number of rotatable bonds is 3. The maximum Gasteiger partial charge on any atom is 0.338 e. The van der Waals surface area contributed by atoms with Gasteiger partial charge in [0.05, 0.1) is 5.56 Å². The molecule has 0 bridgehead atoms. The minimum Gasteiger partial charge on any atom is -0.459 e. The van der Waals surface area contributed by atoms with E-state index in [9.17, 15) is 13.6 Å². The van der Waals surface area contributed by atoms with Crippen molar-refractivity contribution in [3.63, 3.8) is 0 Å². The first-order valence-electron chi connectivity index (χ1n) is 7.86. The van der Waals surface area contributed by atoms with Crippen LogP contribution < -0.4 is 0 Å². The summed E-state index contributed by atoms with van der Waals surface area (Å²) in [4.78, 5) is 12.0. The van der Waals surface area contributed by atoms with E-state index in [4.69, 9.17) is 18.9 Å². The highest BCUT2D eigenvalue weighted by molar-refractivity contribution is 5.89. The Bertz CT molecular complexity index is 662. The van der Waals surface area contributed by atoms with E-state index < -0.39 is 41.6 Å². The largest absolute Gasteiger partial charge is 0.459 e. The molecule has 5 nitrogen and oxygen atoms in total. The number of hydrogen-bond acceptors (Lipinski definition) is 5. The quantitative estimate of drug-likeness (QED) is 0.792. The zero-order chi connectivity index (χ0) is 17.2. The van der Waals surface area contributed by atoms with E-state index in [1.54, 1.807) is 44.2 Å². The molecular formula is C17H18F2O5. The maximum absolute atomic E-state index is 14.1. The number of esters is 1. The van der Waals surface area contributed by atoms with Crippen molar-refractivity contribution in [3.8, 4) is 0 Å². The van der Waals surface area contributed by atoms with Crippen molar-refractivity contribution < 1.29 is 32.5 Å². The number of carbonyl (C=O) groups excluding carboxylic acids is 1. The summed E-state index contributed by atoms with van der Waals surface area (Å²) >= 11 is 0. The molecule has 0 aromatic heterocycles. The molecule has 7 heteroatoms. The molecule has 2 heterocycles. The fourth-order valence-electron chi connectivity index (χ4n) is 3.62. The van der Waals surface area contributed by atoms with Crippen molar-refractivity contribution in [1.29, 1.82) is 0 Å². The molecule has 1 aromatic carbocycles. The van der Waals surface area contributed by atoms with Gasteiger partial charge in [-0.25, -0.2) is 13.6 Å². The van der Waals surface area contributed by atoms with Gasteiger partial charge in [0.25, 0.3) is 5.92 Å². The lowest BCUT2D eigenvalue weighted by atomic mass is 9.94. The van der Waals surface area contributed by atoms with Crippen LogP contribution >= 0.6 is 0 Å². The highest BCUT2D eigenvalue weighted by atomic mass is 19.3. The van der Waals surface area contributed by atoms with Crippen LogP contribution in [0.5, 0.6) is 0 Å². The van der Waals surface area contributed by atoms with Crippen LogP contribution in [0.4, 0.5) is 8.78 Å². The van der Waals surface area contributed by atoms with Crippen molar-refractivity contribution in [2.45, 2.75) is 50.5 Å². The smallest absolute Gasteiger partial charge is 0.338 e. The maximum atomic E-state index is 14.1. The SMILES string of the molecule is CC1(C)O[C@H]2O[C@H](COC(=O)c3ccccc3)[C@@]3(CC3(F)F)[C@H]2O1. The summed E-state index contributed by atoms with van der Waals surface area (Å²) in [6.45, 7) is 3.06. The number of alkyl halides is 2. The van der Waals surface area contributed by atoms with Crippen LogP contribution in [0, 0.1) is 5.41 Å². The van der Waals surface area contributed by atoms with Gasteiger partial charge in [-0.3, -0.25) is 0 Å². The summed E-state index contributed by atoms with van der Waals surface area (Å²) in [5, 5.41) is 0. The summed E-state index contributed by atoms with van der Waals surface area (Å²) in [6.07, 6.45) is -3.03. The van der Waals surface area contributed by atoms with Gasteiger partial charge in [0.15, 0.2) is 12.1 Å². The summed E-state index contributed by atoms with van der Waals surface area (Å²) in [6, 6.07) is 8.38. The Balaban J connectivity index is 1.48. The van der Waals surface area contributed by atoms with Gasteiger partial charge in [-0.05, 0) is 26.0 Å². The third-order valence-corrected chi connectivity index (χ3v) is 4.88. The summed E-state index contributed by atoms with van der Waals surface area (Å²) < 4.78 is 50.2. The number of fused-ring (bicyclic) bond motifs is 2. The van der Waals surface area contributed by atoms with Gasteiger partial charge in [0.1, 0.15) is 24.2 Å². The monoisotopic (exact) mass is 340 g/mol. The van der Waals surface area contributed by atoms with Crippen LogP contribution in [-0.2, 0) is 18.9 Å². The minimum absolute atomic E-state index is 0.260. The highest BCUT2D eigenvalue weighted by Crippen LogP contribution is 2.71. The standard InChI is InChI=1S/C17H18F2O5/c1-15(2)23-12-14(24-15)22-11(16(12)9-17(16,18)19)8-21-13(20)10-6-4-3-5-7-10/h3-7,11-12,14H,8-9H2,1-2H3/t11-,12+,14-,16+/m1/s1. The van der Waals surface area contributed by atoms with Gasteiger partial charge in [-0.15, -0.1) is 0 Å². The number of benzene rings is 1. The molecule has 0 radical (unpaired) electrons. The molecule has 2 aliphatic heterocycles. The van der Waals surface area contributed by atoms with E-state index >= 15 is 0 Å². The predicted octanol–water partition coefficient (Wildman–Crippen LogP) is 2.75. The lowest BCUT2D eigenvalue weighted by Crippen LogP contribution is -2.38. The Morgan fingerprint density at radius 2 is 1.92 bits per heavy atom. The van der Waals surface area contributed by atoms with Gasteiger partial charge < -0.3 is 18.9 Å². The summed E-state index contributed by atoms with van der Waals surface area (Å²) in [7, 11) is 0. The molecule has 24 heavy (non-hydrogen) atoms. The Morgan fingerprint density at radius 3 is 2.54 bits per heavy atom. The molecule has 1 spiro atoms. The first-order valence-corrected chi connectivity index (χ1v) is 7.86. The van der Waals surface area contributed by atoms with Gasteiger partial charge in [0.2, 0.25) is 0 Å². The molecule has 1 aromatic rings. The zero-order valence-electron chi connectivity index (χ0n) is 13.3. The predicted molar refractivity (Wildman–Crippen MR) is 77.4 cm³/mol. The second kappa shape index (κ2) is 4.97. The molecule has 0 N–H and O–H groups in total. The number of hydrogen-bond donors (Lipinski definition) is 0. The first-order chi connectivity index (χ1) is 11.3. The second-order valence-corrected chi connectivity index (χ2v) is 6.94. The Morgan fingerprint density at radius 1 is 1.25 bits per heavy atom. The zero-order valence-corrected chi connectivity index (χ0v) is 13.3. The normalized spacial score (nSPS) is 38.1. The minimum atomic E-state index is -2.92. The van der Waals surface area contributed by atoms with Crippen LogP contribution in [0.15, 0.2) is 30.3 Å². The van der Waals surface area contributed by atoms with Gasteiger partial charge in [-0.2, -0.15) is 0 Å². The topological polar surface area (TPSA) is 54.0 Å². The number of halogens is 2. The lowest BCUT2D eigenvalue weighted by Gasteiger charge is -2.25. The average molecular weight is 340 g/mol. The molecule has 130 valence electrons. The van der Waals surface area contributed by atoms with E-state index in [2.05, 4.69) is 0 Å². The van der Waals surface area contributed by atoms with E-state index in [-0.39, 0.29) is 13.0 Å². The third-order valence-electron chi connectivity index (χ3n) is 4.88. The van der Waals surface area contributed by atoms with Gasteiger partial charge >= 0.3 is 5.97 Å². The Kier molecular flexibility index (Phi) is 3.30. The van der Waals surface area contributed by atoms with E-state index in [1.807, 2.05) is 0 Å². The molecule has 4 rings (SSSR count). The highest BCUT2D eigenvalue weighted by Gasteiger charge is 2.85. The molecule has 0 amide bonds. The Hall–Kier alpha value is -1.57. The van der Waals surface area contributed by atoms with Crippen molar-refractivity contribution in [2.75, 3.05) is 6.61 Å². The molecule has 3 aliphatic rings. The van der Waals surface area contributed by atoms with Crippen LogP contribution in [0.2, 0.25) is 0 Å². The molecular weight excluding hydrogens is 322 g/mol. The fraction of sp³-hybridized carbons (Fsp3) is 0.588. The lowest BCUT2D eigenvalue weighted by molar-refractivity contribution is -0.220. The van der Waals surface area contributed by atoms with E-state index in [1.165, 1.54) is 0 Å². The fourth-order valence-corrected chi connectivity index (χ4v) is 3.62. The number of carbonyl (C=O) groups is 1. The van der Waals surface area contributed by atoms with Gasteiger partial charge in [-0.1, -0.05) is 18.2 Å². The molecule has 2 saturated heterocycles. The van der Waals surface area contributed by atoms with Crippen LogP contribution in [0.3, 0.4) is 0 Å². The summed E-state index contributed by atoms with van der Waals surface area (Å²) in [5.74, 6) is -4.45. The first kappa shape index (κ1) is 15.9. The molecule has 1 aliphatic carbocycles. The van der Waals surface area contributed by atoms with Crippen LogP contribution in [0.25, 0.3) is 0 Å². The van der Waals surface area contributed by atoms with E-state index in [0.29, 0.717) is 5.56 Å². The summed E-state index contributed by atoms with van der Waals surface area (Å²) in [5.41, 5.74) is -1.12. The molecule has 0 unspecified atom stereocenters. The molecule has 4 atom stereocenters. The van der Waals surface area contributed by atoms with Gasteiger partial charge in [0, 0.05) is 6.42 Å². The van der Waals surface area contributed by atoms with Crippen molar-refractivity contribution >= 4 is 5.97 Å². The molecule has 1 saturated carbocycles. The second-order valence-electron chi connectivity index (χ2n) is 6.94. The van der Waals surface area contributed by atoms with Crippen molar-refractivity contribution in [3.05, 3.63) is 35.9 Å². The third kappa shape index (κ3) is 2.26. The van der Waals surface area contributed by atoms with Crippen molar-refractivity contribution in [2.24, 2.45) is 5.41 Å². The van der Waals surface area contributed by atoms with E-state index in [0.717, 1.165) is 0 Å². The van der Waals surface area contributed by atoms with Crippen LogP contribution in [-0.4, -0.2) is 42.8 Å². The molecule has 3 fully saturated rings. The average Bonchev–Trinajstić information content (AvgIpc) is 2.81. The van der Waals surface area contributed by atoms with Crippen LogP contribution in [0.1, 0.15) is 30.6 Å².